The van der Waals surface area contributed by atoms with Crippen LogP contribution in [-0.2, 0) is 11.3 Å². The molecule has 4 rings (SSSR count). The predicted octanol–water partition coefficient (Wildman–Crippen LogP) is 3.75. The number of imidazole rings is 1. The molecule has 1 aromatic carbocycles. The molecule has 24 heavy (non-hydrogen) atoms. The number of carbonyl (C=O) groups is 1. The number of para-hydroxylation sites is 2. The van der Waals surface area contributed by atoms with Crippen molar-refractivity contribution in [2.45, 2.75) is 44.7 Å². The summed E-state index contributed by atoms with van der Waals surface area (Å²) in [5.41, 5.74) is 1.82. The van der Waals surface area contributed by atoms with Gasteiger partial charge in [-0.05, 0) is 37.1 Å². The van der Waals surface area contributed by atoms with Gasteiger partial charge >= 0.3 is 0 Å². The van der Waals surface area contributed by atoms with Gasteiger partial charge in [0.1, 0.15) is 6.54 Å². The van der Waals surface area contributed by atoms with Gasteiger partial charge in [0, 0.05) is 6.04 Å². The first-order chi connectivity index (χ1) is 11.8. The Morgan fingerprint density at radius 3 is 2.79 bits per heavy atom. The van der Waals surface area contributed by atoms with Crippen LogP contribution in [0.5, 0.6) is 0 Å². The first-order valence-corrected chi connectivity index (χ1v) is 8.60. The zero-order valence-corrected chi connectivity index (χ0v) is 13.6. The number of aromatic nitrogens is 2. The van der Waals surface area contributed by atoms with Gasteiger partial charge in [-0.15, -0.1) is 0 Å². The van der Waals surface area contributed by atoms with Gasteiger partial charge in [0.15, 0.2) is 11.6 Å². The zero-order valence-electron chi connectivity index (χ0n) is 13.6. The van der Waals surface area contributed by atoms with Gasteiger partial charge in [-0.2, -0.15) is 0 Å². The molecule has 1 aliphatic rings. The van der Waals surface area contributed by atoms with Gasteiger partial charge in [-0.25, -0.2) is 4.98 Å². The molecule has 0 atom stereocenters. The molecule has 0 radical (unpaired) electrons. The van der Waals surface area contributed by atoms with Crippen molar-refractivity contribution in [1.82, 2.24) is 14.9 Å². The number of hydrogen-bond donors (Lipinski definition) is 1. The largest absolute Gasteiger partial charge is 0.461 e. The summed E-state index contributed by atoms with van der Waals surface area (Å²) in [6, 6.07) is 11.9. The lowest BCUT2D eigenvalue weighted by molar-refractivity contribution is -0.122. The molecular weight excluding hydrogens is 302 g/mol. The molecule has 1 amide bonds. The minimum atomic E-state index is 0.0397. The van der Waals surface area contributed by atoms with E-state index in [1.54, 1.807) is 6.26 Å². The molecule has 3 aromatic rings. The highest BCUT2D eigenvalue weighted by atomic mass is 16.3. The highest BCUT2D eigenvalue weighted by molar-refractivity contribution is 5.84. The average Bonchev–Trinajstić information content (AvgIpc) is 3.24. The highest BCUT2D eigenvalue weighted by Gasteiger charge is 2.19. The third-order valence-corrected chi connectivity index (χ3v) is 4.67. The molecule has 2 heterocycles. The number of nitrogens with one attached hydrogen (secondary N) is 1. The molecule has 0 bridgehead atoms. The molecule has 5 nitrogen and oxygen atoms in total. The Labute approximate surface area is 140 Å². The molecule has 1 aliphatic carbocycles. The van der Waals surface area contributed by atoms with Crippen LogP contribution in [-0.4, -0.2) is 21.5 Å². The number of fused-ring (bicyclic) bond motifs is 1. The Morgan fingerprint density at radius 2 is 2.00 bits per heavy atom. The van der Waals surface area contributed by atoms with Crippen molar-refractivity contribution < 1.29 is 9.21 Å². The number of amides is 1. The maximum Gasteiger partial charge on any atom is 0.240 e. The van der Waals surface area contributed by atoms with Crippen molar-refractivity contribution in [2.24, 2.45) is 0 Å². The van der Waals surface area contributed by atoms with Crippen molar-refractivity contribution in [1.29, 1.82) is 0 Å². The summed E-state index contributed by atoms with van der Waals surface area (Å²) in [4.78, 5) is 17.2. The highest BCUT2D eigenvalue weighted by Crippen LogP contribution is 2.25. The Hall–Kier alpha value is -2.56. The van der Waals surface area contributed by atoms with Crippen LogP contribution in [0.3, 0.4) is 0 Å². The Balaban J connectivity index is 1.62. The van der Waals surface area contributed by atoms with Gasteiger partial charge in [0.25, 0.3) is 0 Å². The number of carbonyl (C=O) groups excluding carboxylic acids is 1. The molecule has 124 valence electrons. The molecule has 0 spiro atoms. The molecule has 2 aromatic heterocycles. The summed E-state index contributed by atoms with van der Waals surface area (Å²) < 4.78 is 7.44. The summed E-state index contributed by atoms with van der Waals surface area (Å²) in [5, 5.41) is 3.18. The van der Waals surface area contributed by atoms with Crippen molar-refractivity contribution in [3.8, 4) is 11.6 Å². The zero-order chi connectivity index (χ0) is 16.4. The lowest BCUT2D eigenvalue weighted by Gasteiger charge is -2.23. The lowest BCUT2D eigenvalue weighted by atomic mass is 9.95. The molecular formula is C19H21N3O2. The normalized spacial score (nSPS) is 15.7. The quantitative estimate of drug-likeness (QED) is 0.795. The molecule has 0 aliphatic heterocycles. The van der Waals surface area contributed by atoms with Crippen LogP contribution in [0.15, 0.2) is 47.1 Å². The minimum absolute atomic E-state index is 0.0397. The van der Waals surface area contributed by atoms with E-state index in [4.69, 9.17) is 4.42 Å². The Kier molecular flexibility index (Phi) is 4.07. The van der Waals surface area contributed by atoms with Gasteiger partial charge in [0.2, 0.25) is 5.91 Å². The van der Waals surface area contributed by atoms with E-state index < -0.39 is 0 Å². The van der Waals surface area contributed by atoms with Crippen LogP contribution in [0.1, 0.15) is 32.1 Å². The molecule has 0 unspecified atom stereocenters. The Bertz CT molecular complexity index is 830. The second-order valence-corrected chi connectivity index (χ2v) is 6.39. The fraction of sp³-hybridized carbons (Fsp3) is 0.368. The van der Waals surface area contributed by atoms with Crippen molar-refractivity contribution in [3.05, 3.63) is 42.7 Å². The van der Waals surface area contributed by atoms with Crippen molar-refractivity contribution >= 4 is 16.9 Å². The first kappa shape index (κ1) is 15.0. The number of furan rings is 1. The SMILES string of the molecule is O=C(Cn1c(-c2ccco2)nc2ccccc21)NC1CCCCC1. The fourth-order valence-corrected chi connectivity index (χ4v) is 3.49. The number of rotatable bonds is 4. The van der Waals surface area contributed by atoms with Gasteiger partial charge in [0.05, 0.1) is 17.3 Å². The van der Waals surface area contributed by atoms with Gasteiger partial charge in [-0.3, -0.25) is 4.79 Å². The molecule has 1 fully saturated rings. The number of benzene rings is 1. The minimum Gasteiger partial charge on any atom is -0.461 e. The Morgan fingerprint density at radius 1 is 1.17 bits per heavy atom. The number of hydrogen-bond acceptors (Lipinski definition) is 3. The van der Waals surface area contributed by atoms with Crippen LogP contribution < -0.4 is 5.32 Å². The summed E-state index contributed by atoms with van der Waals surface area (Å²) >= 11 is 0. The van der Waals surface area contributed by atoms with E-state index in [0.717, 1.165) is 23.9 Å². The summed E-state index contributed by atoms with van der Waals surface area (Å²) in [6.45, 7) is 0.257. The lowest BCUT2D eigenvalue weighted by Crippen LogP contribution is -2.38. The maximum absolute atomic E-state index is 12.6. The molecule has 1 saturated carbocycles. The second kappa shape index (κ2) is 6.51. The fourth-order valence-electron chi connectivity index (χ4n) is 3.49. The monoisotopic (exact) mass is 323 g/mol. The van der Waals surface area contributed by atoms with E-state index in [1.165, 1.54) is 19.3 Å². The maximum atomic E-state index is 12.6. The standard InChI is InChI=1S/C19H21N3O2/c23-18(20-14-7-2-1-3-8-14)13-22-16-10-5-4-9-15(16)21-19(22)17-11-6-12-24-17/h4-6,9-12,14H,1-3,7-8,13H2,(H,20,23). The van der Waals surface area contributed by atoms with E-state index in [0.29, 0.717) is 17.6 Å². The smallest absolute Gasteiger partial charge is 0.240 e. The van der Waals surface area contributed by atoms with E-state index in [-0.39, 0.29) is 12.5 Å². The first-order valence-electron chi connectivity index (χ1n) is 8.60. The van der Waals surface area contributed by atoms with E-state index >= 15 is 0 Å². The third kappa shape index (κ3) is 2.94. The van der Waals surface area contributed by atoms with Gasteiger partial charge in [-0.1, -0.05) is 31.4 Å². The average molecular weight is 323 g/mol. The summed E-state index contributed by atoms with van der Waals surface area (Å²) in [6.07, 6.45) is 7.48. The van der Waals surface area contributed by atoms with Gasteiger partial charge < -0.3 is 14.3 Å². The summed E-state index contributed by atoms with van der Waals surface area (Å²) in [5.74, 6) is 1.41. The third-order valence-electron chi connectivity index (χ3n) is 4.67. The second-order valence-electron chi connectivity index (χ2n) is 6.39. The predicted molar refractivity (Wildman–Crippen MR) is 92.5 cm³/mol. The molecule has 0 saturated heterocycles. The molecule has 1 N–H and O–H groups in total. The van der Waals surface area contributed by atoms with E-state index in [2.05, 4.69) is 10.3 Å². The van der Waals surface area contributed by atoms with Crippen LogP contribution in [0.2, 0.25) is 0 Å². The van der Waals surface area contributed by atoms with Crippen LogP contribution in [0.4, 0.5) is 0 Å². The number of nitrogens with zero attached hydrogens (tertiary/aromatic N) is 2. The van der Waals surface area contributed by atoms with E-state index in [1.807, 2.05) is 41.0 Å². The van der Waals surface area contributed by atoms with Crippen molar-refractivity contribution in [3.63, 3.8) is 0 Å². The van der Waals surface area contributed by atoms with Crippen LogP contribution >= 0.6 is 0 Å². The summed E-state index contributed by atoms with van der Waals surface area (Å²) in [7, 11) is 0. The molecule has 5 heteroatoms. The van der Waals surface area contributed by atoms with Crippen LogP contribution in [0.25, 0.3) is 22.6 Å². The topological polar surface area (TPSA) is 60.1 Å². The van der Waals surface area contributed by atoms with Crippen LogP contribution in [0, 0.1) is 0 Å². The van der Waals surface area contributed by atoms with E-state index in [9.17, 15) is 4.79 Å². The van der Waals surface area contributed by atoms with Crippen molar-refractivity contribution in [2.75, 3.05) is 0 Å².